The van der Waals surface area contributed by atoms with Crippen molar-refractivity contribution in [2.75, 3.05) is 18.4 Å². The molecule has 21 heavy (non-hydrogen) atoms. The van der Waals surface area contributed by atoms with Crippen LogP contribution in [0.1, 0.15) is 30.9 Å². The number of amides is 1. The van der Waals surface area contributed by atoms with Crippen molar-refractivity contribution in [2.24, 2.45) is 5.41 Å². The van der Waals surface area contributed by atoms with Crippen molar-refractivity contribution in [1.29, 1.82) is 0 Å². The smallest absolute Gasteiger partial charge is 0.272 e. The number of hydrogen-bond acceptors (Lipinski definition) is 4. The van der Waals surface area contributed by atoms with E-state index in [1.807, 2.05) is 6.92 Å². The van der Waals surface area contributed by atoms with Crippen LogP contribution in [0.4, 0.5) is 11.4 Å². The zero-order valence-electron chi connectivity index (χ0n) is 12.7. The van der Waals surface area contributed by atoms with Gasteiger partial charge in [0.25, 0.3) is 5.69 Å². The van der Waals surface area contributed by atoms with E-state index in [9.17, 15) is 14.9 Å². The normalized spacial score (nSPS) is 21.3. The molecule has 2 rings (SSSR count). The van der Waals surface area contributed by atoms with E-state index in [0.29, 0.717) is 23.4 Å². The van der Waals surface area contributed by atoms with Crippen molar-refractivity contribution in [2.45, 2.75) is 33.6 Å². The van der Waals surface area contributed by atoms with Crippen LogP contribution in [0, 0.1) is 29.4 Å². The summed E-state index contributed by atoms with van der Waals surface area (Å²) < 4.78 is 0. The Hall–Kier alpha value is -1.95. The van der Waals surface area contributed by atoms with Crippen LogP contribution < -0.4 is 10.6 Å². The van der Waals surface area contributed by atoms with Gasteiger partial charge in [-0.05, 0) is 44.9 Å². The first kappa shape index (κ1) is 15.4. The van der Waals surface area contributed by atoms with E-state index in [1.54, 1.807) is 19.9 Å². The molecule has 1 amide bonds. The fourth-order valence-corrected chi connectivity index (χ4v) is 2.79. The minimum Gasteiger partial charge on any atom is -0.325 e. The van der Waals surface area contributed by atoms with Gasteiger partial charge >= 0.3 is 0 Å². The third-order valence-corrected chi connectivity index (χ3v) is 4.39. The quantitative estimate of drug-likeness (QED) is 0.659. The van der Waals surface area contributed by atoms with E-state index in [2.05, 4.69) is 10.6 Å². The van der Waals surface area contributed by atoms with Crippen LogP contribution in [-0.2, 0) is 4.79 Å². The number of nitrogens with zero attached hydrogens (tertiary/aromatic N) is 1. The van der Waals surface area contributed by atoms with Gasteiger partial charge in [0, 0.05) is 23.9 Å². The van der Waals surface area contributed by atoms with Gasteiger partial charge in [-0.25, -0.2) is 0 Å². The van der Waals surface area contributed by atoms with Crippen LogP contribution in [0.5, 0.6) is 0 Å². The average Bonchev–Trinajstić information content (AvgIpc) is 2.92. The Bertz CT molecular complexity index is 578. The molecule has 1 aromatic rings. The van der Waals surface area contributed by atoms with Gasteiger partial charge in [-0.1, -0.05) is 6.92 Å². The van der Waals surface area contributed by atoms with Crippen LogP contribution in [0.2, 0.25) is 0 Å². The fourth-order valence-electron chi connectivity index (χ4n) is 2.79. The highest BCUT2D eigenvalue weighted by atomic mass is 16.6. The molecule has 1 unspecified atom stereocenters. The number of aryl methyl sites for hydroxylation is 2. The van der Waals surface area contributed by atoms with Crippen molar-refractivity contribution in [1.82, 2.24) is 5.32 Å². The van der Waals surface area contributed by atoms with Gasteiger partial charge in [-0.3, -0.25) is 14.9 Å². The van der Waals surface area contributed by atoms with Crippen LogP contribution in [0.15, 0.2) is 12.1 Å². The standard InChI is InChI=1S/C15H21N3O3/c1-4-15(5-6-16-9-15)14(19)17-12-7-11(3)13(18(20)21)8-10(12)2/h7-8,16H,4-6,9H2,1-3H3,(H,17,19). The summed E-state index contributed by atoms with van der Waals surface area (Å²) in [6.07, 6.45) is 1.59. The van der Waals surface area contributed by atoms with E-state index in [-0.39, 0.29) is 17.0 Å². The van der Waals surface area contributed by atoms with Crippen LogP contribution in [0.3, 0.4) is 0 Å². The molecule has 0 spiro atoms. The number of nitro groups is 1. The molecule has 1 aliphatic heterocycles. The summed E-state index contributed by atoms with van der Waals surface area (Å²) in [6, 6.07) is 3.19. The summed E-state index contributed by atoms with van der Waals surface area (Å²) in [5.41, 5.74) is 1.62. The SMILES string of the molecule is CCC1(C(=O)Nc2cc(C)c([N+](=O)[O-])cc2C)CCNC1. The highest BCUT2D eigenvalue weighted by molar-refractivity contribution is 5.96. The summed E-state index contributed by atoms with van der Waals surface area (Å²) in [6.45, 7) is 6.99. The lowest BCUT2D eigenvalue weighted by atomic mass is 9.83. The molecule has 0 radical (unpaired) electrons. The van der Waals surface area contributed by atoms with Gasteiger partial charge in [0.15, 0.2) is 0 Å². The molecular weight excluding hydrogens is 270 g/mol. The monoisotopic (exact) mass is 291 g/mol. The van der Waals surface area contributed by atoms with Crippen LogP contribution >= 0.6 is 0 Å². The highest BCUT2D eigenvalue weighted by Gasteiger charge is 2.39. The first-order valence-electron chi connectivity index (χ1n) is 7.17. The van der Waals surface area contributed by atoms with Crippen LogP contribution in [0.25, 0.3) is 0 Å². The minimum atomic E-state index is -0.400. The first-order valence-corrected chi connectivity index (χ1v) is 7.17. The molecule has 1 aliphatic rings. The van der Waals surface area contributed by atoms with E-state index < -0.39 is 4.92 Å². The third-order valence-electron chi connectivity index (χ3n) is 4.39. The van der Waals surface area contributed by atoms with Gasteiger partial charge in [0.1, 0.15) is 0 Å². The predicted molar refractivity (Wildman–Crippen MR) is 81.4 cm³/mol. The molecule has 1 aromatic carbocycles. The summed E-state index contributed by atoms with van der Waals surface area (Å²) >= 11 is 0. The molecule has 2 N–H and O–H groups in total. The Morgan fingerprint density at radius 2 is 2.14 bits per heavy atom. The zero-order chi connectivity index (χ0) is 15.6. The second kappa shape index (κ2) is 5.81. The summed E-state index contributed by atoms with van der Waals surface area (Å²) in [4.78, 5) is 23.1. The lowest BCUT2D eigenvalue weighted by molar-refractivity contribution is -0.385. The molecule has 6 nitrogen and oxygen atoms in total. The van der Waals surface area contributed by atoms with Gasteiger partial charge in [0.2, 0.25) is 5.91 Å². The van der Waals surface area contributed by atoms with E-state index in [0.717, 1.165) is 19.4 Å². The second-order valence-electron chi connectivity index (χ2n) is 5.73. The second-order valence-corrected chi connectivity index (χ2v) is 5.73. The molecule has 1 saturated heterocycles. The largest absolute Gasteiger partial charge is 0.325 e. The molecule has 114 valence electrons. The summed E-state index contributed by atoms with van der Waals surface area (Å²) in [7, 11) is 0. The molecular formula is C15H21N3O3. The Morgan fingerprint density at radius 3 is 2.67 bits per heavy atom. The Kier molecular flexibility index (Phi) is 4.27. The Morgan fingerprint density at radius 1 is 1.43 bits per heavy atom. The maximum Gasteiger partial charge on any atom is 0.272 e. The Balaban J connectivity index is 2.25. The molecule has 0 saturated carbocycles. The first-order chi connectivity index (χ1) is 9.89. The molecule has 0 aliphatic carbocycles. The van der Waals surface area contributed by atoms with Crippen molar-refractivity contribution in [3.63, 3.8) is 0 Å². The van der Waals surface area contributed by atoms with Gasteiger partial charge in [0.05, 0.1) is 10.3 Å². The van der Waals surface area contributed by atoms with E-state index in [4.69, 9.17) is 0 Å². The molecule has 0 bridgehead atoms. The highest BCUT2D eigenvalue weighted by Crippen LogP contribution is 2.32. The summed E-state index contributed by atoms with van der Waals surface area (Å²) in [5, 5.41) is 17.1. The molecule has 1 atom stereocenters. The van der Waals surface area contributed by atoms with E-state index >= 15 is 0 Å². The fraction of sp³-hybridized carbons (Fsp3) is 0.533. The number of nitro benzene ring substituents is 1. The average molecular weight is 291 g/mol. The van der Waals surface area contributed by atoms with Gasteiger partial charge in [-0.2, -0.15) is 0 Å². The van der Waals surface area contributed by atoms with Crippen molar-refractivity contribution < 1.29 is 9.72 Å². The molecule has 1 fully saturated rings. The number of benzene rings is 1. The number of rotatable bonds is 4. The number of hydrogen-bond donors (Lipinski definition) is 2. The lowest BCUT2D eigenvalue weighted by Crippen LogP contribution is -2.37. The number of anilines is 1. The predicted octanol–water partition coefficient (Wildman–Crippen LogP) is 2.54. The zero-order valence-corrected chi connectivity index (χ0v) is 12.7. The van der Waals surface area contributed by atoms with Gasteiger partial charge in [-0.15, -0.1) is 0 Å². The van der Waals surface area contributed by atoms with Crippen molar-refractivity contribution in [3.05, 3.63) is 33.4 Å². The molecule has 0 aromatic heterocycles. The van der Waals surface area contributed by atoms with Gasteiger partial charge < -0.3 is 10.6 Å². The van der Waals surface area contributed by atoms with Crippen molar-refractivity contribution >= 4 is 17.3 Å². The molecule has 1 heterocycles. The van der Waals surface area contributed by atoms with E-state index in [1.165, 1.54) is 6.07 Å². The Labute approximate surface area is 124 Å². The maximum absolute atomic E-state index is 12.6. The van der Waals surface area contributed by atoms with Crippen LogP contribution in [-0.4, -0.2) is 23.9 Å². The molecule has 6 heteroatoms. The topological polar surface area (TPSA) is 84.3 Å². The third kappa shape index (κ3) is 2.90. The number of carbonyl (C=O) groups excluding carboxylic acids is 1. The number of carbonyl (C=O) groups is 1. The van der Waals surface area contributed by atoms with Crippen molar-refractivity contribution in [3.8, 4) is 0 Å². The summed E-state index contributed by atoms with van der Waals surface area (Å²) in [5.74, 6) is -0.00801. The lowest BCUT2D eigenvalue weighted by Gasteiger charge is -2.25. The maximum atomic E-state index is 12.6. The number of nitrogens with one attached hydrogen (secondary N) is 2. The minimum absolute atomic E-state index is 0.00801.